The van der Waals surface area contributed by atoms with Crippen LogP contribution in [0.5, 0.6) is 0 Å². The van der Waals surface area contributed by atoms with Gasteiger partial charge in [-0.15, -0.1) is 0 Å². The molecule has 0 unspecified atom stereocenters. The molecule has 96 valence electrons. The molecule has 0 aromatic heterocycles. The van der Waals surface area contributed by atoms with Gasteiger partial charge in [0.15, 0.2) is 0 Å². The number of carbonyl (C=O) groups is 4. The third-order valence-corrected chi connectivity index (χ3v) is 2.20. The molecular formula is C8H12IN3O5. The average molecular weight is 357 g/mol. The predicted octanol–water partition coefficient (Wildman–Crippen LogP) is -0.482. The first-order valence-corrected chi connectivity index (χ1v) is 5.98. The molecule has 8 nitrogen and oxygen atoms in total. The van der Waals surface area contributed by atoms with Gasteiger partial charge in [0.05, 0.1) is 11.5 Å². The highest BCUT2D eigenvalue weighted by atomic mass is 127. The first-order chi connectivity index (χ1) is 7.90. The summed E-state index contributed by atoms with van der Waals surface area (Å²) in [6, 6.07) is -2.75. The van der Waals surface area contributed by atoms with Crippen molar-refractivity contribution in [2.24, 2.45) is 0 Å². The molecule has 0 aliphatic rings. The number of hydrogen-bond donors (Lipinski definition) is 3. The molecule has 0 bridgehead atoms. The minimum Gasteiger partial charge on any atom is -0.467 e. The zero-order valence-electron chi connectivity index (χ0n) is 9.20. The molecule has 17 heavy (non-hydrogen) atoms. The van der Waals surface area contributed by atoms with E-state index < -0.39 is 30.0 Å². The van der Waals surface area contributed by atoms with Gasteiger partial charge in [-0.25, -0.2) is 14.4 Å². The largest absolute Gasteiger partial charge is 0.467 e. The number of carbonyl (C=O) groups excluding carboxylic acids is 4. The minimum absolute atomic E-state index is 0.0887. The van der Waals surface area contributed by atoms with Crippen molar-refractivity contribution in [2.45, 2.75) is 13.0 Å². The lowest BCUT2D eigenvalue weighted by atomic mass is 10.3. The van der Waals surface area contributed by atoms with E-state index >= 15 is 0 Å². The molecule has 0 aliphatic carbocycles. The molecule has 0 aliphatic heterocycles. The number of urea groups is 2. The third-order valence-electron chi connectivity index (χ3n) is 1.50. The zero-order valence-corrected chi connectivity index (χ0v) is 11.4. The zero-order chi connectivity index (χ0) is 13.4. The van der Waals surface area contributed by atoms with Crippen molar-refractivity contribution < 1.29 is 23.9 Å². The van der Waals surface area contributed by atoms with Crippen molar-refractivity contribution >= 4 is 46.5 Å². The summed E-state index contributed by atoms with van der Waals surface area (Å²) in [7, 11) is 1.17. The van der Waals surface area contributed by atoms with Crippen LogP contribution >= 0.6 is 22.6 Å². The van der Waals surface area contributed by atoms with Crippen LogP contribution in [0.2, 0.25) is 0 Å². The molecule has 0 spiro atoms. The number of nitrogens with one attached hydrogen (secondary N) is 3. The quantitative estimate of drug-likeness (QED) is 0.359. The second-order valence-corrected chi connectivity index (χ2v) is 3.62. The Hall–Kier alpha value is -1.39. The van der Waals surface area contributed by atoms with E-state index in [9.17, 15) is 19.2 Å². The number of ether oxygens (including phenoxy) is 1. The number of amides is 5. The molecular weight excluding hydrogens is 345 g/mol. The molecule has 0 radical (unpaired) electrons. The predicted molar refractivity (Wildman–Crippen MR) is 65.6 cm³/mol. The Balaban J connectivity index is 4.06. The van der Waals surface area contributed by atoms with Gasteiger partial charge in [-0.3, -0.25) is 15.4 Å². The monoisotopic (exact) mass is 357 g/mol. The Morgan fingerprint density at radius 1 is 1.18 bits per heavy atom. The summed E-state index contributed by atoms with van der Waals surface area (Å²) in [6.07, 6.45) is 0. The lowest BCUT2D eigenvalue weighted by molar-refractivity contribution is -0.142. The van der Waals surface area contributed by atoms with Crippen LogP contribution < -0.4 is 16.0 Å². The highest BCUT2D eigenvalue weighted by molar-refractivity contribution is 14.1. The number of esters is 1. The fourth-order valence-electron chi connectivity index (χ4n) is 0.763. The topological polar surface area (TPSA) is 114 Å². The van der Waals surface area contributed by atoms with Crippen molar-refractivity contribution in [1.82, 2.24) is 16.0 Å². The standard InChI is InChI=1S/C8H12IN3O5/c1-4(6(14)17-2)10-7(15)12-8(16)11-5(13)3-9/h4H,3H2,1-2H3,(H3,10,11,12,13,15,16)/t4-/m0/s1. The minimum atomic E-state index is -0.957. The summed E-state index contributed by atoms with van der Waals surface area (Å²) < 4.78 is 4.45. The number of methoxy groups -OCH3 is 1. The maximum atomic E-state index is 11.2. The Labute approximate surface area is 111 Å². The van der Waals surface area contributed by atoms with Gasteiger partial charge in [0.2, 0.25) is 5.91 Å². The van der Waals surface area contributed by atoms with Gasteiger partial charge in [0.25, 0.3) is 0 Å². The third kappa shape index (κ3) is 6.71. The SMILES string of the molecule is COC(=O)[C@H](C)NC(=O)NC(=O)NC(=O)CI. The highest BCUT2D eigenvalue weighted by Crippen LogP contribution is 1.85. The van der Waals surface area contributed by atoms with Crippen LogP contribution in [0.4, 0.5) is 9.59 Å². The molecule has 0 heterocycles. The molecule has 5 amide bonds. The molecule has 0 saturated carbocycles. The number of halogens is 1. The summed E-state index contributed by atoms with van der Waals surface area (Å²) in [5, 5.41) is 5.88. The van der Waals surface area contributed by atoms with E-state index in [1.807, 2.05) is 10.6 Å². The van der Waals surface area contributed by atoms with Crippen LogP contribution in [0.3, 0.4) is 0 Å². The lowest BCUT2D eigenvalue weighted by Crippen LogP contribution is -2.50. The number of imide groups is 2. The van der Waals surface area contributed by atoms with E-state index in [1.165, 1.54) is 14.0 Å². The van der Waals surface area contributed by atoms with Crippen LogP contribution in [0.1, 0.15) is 6.92 Å². The van der Waals surface area contributed by atoms with Crippen LogP contribution in [0.25, 0.3) is 0 Å². The summed E-state index contributed by atoms with van der Waals surface area (Å²) in [5.74, 6) is -1.18. The van der Waals surface area contributed by atoms with Crippen molar-refractivity contribution in [2.75, 3.05) is 11.5 Å². The van der Waals surface area contributed by atoms with Gasteiger partial charge >= 0.3 is 18.0 Å². The van der Waals surface area contributed by atoms with Crippen LogP contribution in [-0.2, 0) is 14.3 Å². The fourth-order valence-corrected chi connectivity index (χ4v) is 0.954. The molecule has 0 aromatic rings. The molecule has 0 aromatic carbocycles. The number of alkyl halides is 1. The first-order valence-electron chi connectivity index (χ1n) is 4.45. The highest BCUT2D eigenvalue weighted by Gasteiger charge is 2.17. The maximum Gasteiger partial charge on any atom is 0.329 e. The van der Waals surface area contributed by atoms with Crippen molar-refractivity contribution in [3.63, 3.8) is 0 Å². The van der Waals surface area contributed by atoms with E-state index in [2.05, 4.69) is 10.1 Å². The van der Waals surface area contributed by atoms with Crippen LogP contribution in [0, 0.1) is 0 Å². The number of hydrogen-bond acceptors (Lipinski definition) is 5. The summed E-state index contributed by atoms with van der Waals surface area (Å²) in [6.45, 7) is 1.39. The van der Waals surface area contributed by atoms with E-state index in [-0.39, 0.29) is 4.43 Å². The van der Waals surface area contributed by atoms with E-state index in [0.717, 1.165) is 0 Å². The molecule has 3 N–H and O–H groups in total. The smallest absolute Gasteiger partial charge is 0.329 e. The molecule has 0 saturated heterocycles. The van der Waals surface area contributed by atoms with Gasteiger partial charge in [0, 0.05) is 0 Å². The molecule has 9 heteroatoms. The summed E-state index contributed by atoms with van der Waals surface area (Å²) in [4.78, 5) is 43.9. The van der Waals surface area contributed by atoms with E-state index in [1.54, 1.807) is 22.6 Å². The first kappa shape index (κ1) is 15.6. The molecule has 0 rings (SSSR count). The van der Waals surface area contributed by atoms with E-state index in [0.29, 0.717) is 0 Å². The summed E-state index contributed by atoms with van der Waals surface area (Å²) >= 11 is 1.76. The van der Waals surface area contributed by atoms with Crippen molar-refractivity contribution in [1.29, 1.82) is 0 Å². The molecule has 0 fully saturated rings. The Bertz CT molecular complexity index is 333. The van der Waals surface area contributed by atoms with Crippen molar-refractivity contribution in [3.8, 4) is 0 Å². The lowest BCUT2D eigenvalue weighted by Gasteiger charge is -2.11. The van der Waals surface area contributed by atoms with Crippen LogP contribution in [0.15, 0.2) is 0 Å². The average Bonchev–Trinajstić information content (AvgIpc) is 2.26. The fraction of sp³-hybridized carbons (Fsp3) is 0.500. The van der Waals surface area contributed by atoms with Crippen molar-refractivity contribution in [3.05, 3.63) is 0 Å². The maximum absolute atomic E-state index is 11.2. The van der Waals surface area contributed by atoms with E-state index in [4.69, 9.17) is 0 Å². The number of rotatable bonds is 3. The Morgan fingerprint density at radius 3 is 2.24 bits per heavy atom. The van der Waals surface area contributed by atoms with Gasteiger partial charge in [-0.05, 0) is 6.92 Å². The Kier molecular flexibility index (Phi) is 7.18. The summed E-state index contributed by atoms with van der Waals surface area (Å²) in [5.41, 5.74) is 0. The van der Waals surface area contributed by atoms with Crippen LogP contribution in [-0.4, -0.2) is 41.5 Å². The van der Waals surface area contributed by atoms with Gasteiger partial charge in [-0.2, -0.15) is 0 Å². The second-order valence-electron chi connectivity index (χ2n) is 2.85. The van der Waals surface area contributed by atoms with Gasteiger partial charge in [0.1, 0.15) is 6.04 Å². The van der Waals surface area contributed by atoms with Gasteiger partial charge < -0.3 is 10.1 Å². The van der Waals surface area contributed by atoms with Gasteiger partial charge in [-0.1, -0.05) is 22.6 Å². The molecule has 1 atom stereocenters. The normalized spacial score (nSPS) is 11.0. The second kappa shape index (κ2) is 7.81. The Morgan fingerprint density at radius 2 is 1.76 bits per heavy atom.